The molecule has 634 valence electrons. The van der Waals surface area contributed by atoms with Crippen molar-refractivity contribution in [3.63, 3.8) is 0 Å². The number of methoxy groups -OCH3 is 3. The number of carboxylic acids is 3. The number of halogens is 10. The molecular formula is C76H92F6I4N3NaO13V2W9-10. The van der Waals surface area contributed by atoms with Crippen LogP contribution in [0.1, 0.15) is 120 Å². The SMILES string of the molecule is C.C.C.C.C.CI.[CH-]=C(C#N)C=C(C)[C](C)=[W].[CH-]=C(C#N)C=C(C)[C](F)=[W].[CH-]=C(C#N)C=C(F)[C](C)=[W].[CH-]=C(C=C(C)[C](C)=[W])C(=O)O.[CH-]=C(C=C(C)[C](C)=[W])C(=O)OC.[CH-]=C(C=C(C)[C](F)=[W])C(=O)O.[CH-]=C(C=C(C)[C](F)=[W])C(=O)OC.[CH-]=C(C=C(F)[C](C)=[W])C(=O)O.[CH-]=C(C=C(F)[C](C)=[W])C(=O)OC.[CH2-]I.[I][V][I].[Na+].[OH-].[V]. The molecule has 0 aromatic carbocycles. The third kappa shape index (κ3) is 119. The zero-order chi connectivity index (χ0) is 87.4. The first kappa shape index (κ1) is 165. The largest absolute Gasteiger partial charge is 1.00 e. The van der Waals surface area contributed by atoms with E-state index in [4.69, 9.17) is 90.3 Å². The van der Waals surface area contributed by atoms with E-state index in [-0.39, 0.29) is 153 Å². The second-order valence-electron chi connectivity index (χ2n) is 17.5. The molecule has 16 nitrogen and oxygen atoms in total. The van der Waals surface area contributed by atoms with Crippen molar-refractivity contribution in [1.29, 1.82) is 15.8 Å². The maximum Gasteiger partial charge on any atom is 1.00 e. The summed E-state index contributed by atoms with van der Waals surface area (Å²) in [4.78, 5) is 67.9. The van der Waals surface area contributed by atoms with Crippen LogP contribution in [-0.2, 0) is 245 Å². The maximum absolute atomic E-state index is 12.8. The van der Waals surface area contributed by atoms with Crippen LogP contribution in [0, 0.1) is 98.1 Å². The number of rotatable bonds is 24. The van der Waals surface area contributed by atoms with Gasteiger partial charge in [0.15, 0.2) is 0 Å². The minimum absolute atomic E-state index is 0. The van der Waals surface area contributed by atoms with Crippen LogP contribution >= 0.6 is 85.1 Å². The minimum atomic E-state index is -1.31. The number of carbonyl (C=O) groups is 6. The zero-order valence-electron chi connectivity index (χ0n) is 61.3. The monoisotopic (exact) mass is 3660 g/mol. The van der Waals surface area contributed by atoms with Crippen molar-refractivity contribution < 1.29 is 322 Å². The van der Waals surface area contributed by atoms with Gasteiger partial charge in [0.05, 0.1) is 0 Å². The molecule has 0 saturated heterocycles. The number of carbonyl (C=O) groups excluding carboxylic acids is 3. The van der Waals surface area contributed by atoms with Crippen molar-refractivity contribution in [2.24, 2.45) is 0 Å². The fourth-order valence-electron chi connectivity index (χ4n) is 3.40. The molecule has 114 heavy (non-hydrogen) atoms. The quantitative estimate of drug-likeness (QED) is 0.00773. The van der Waals surface area contributed by atoms with Gasteiger partial charge in [-0.25, -0.2) is 0 Å². The summed E-state index contributed by atoms with van der Waals surface area (Å²) in [7, 11) is 4.35. The molecule has 0 aromatic heterocycles. The number of carboxylic acid groups (broad SMARTS) is 3. The van der Waals surface area contributed by atoms with Crippen LogP contribution in [-0.4, -0.2) is 119 Å². The standard InChI is InChI=1S/C9H11O2.2C8H8FO2.C8H8N.C8H9O2.2C7H5FN.2C7H6FO2.CH3I.CH2I.5CH4.2HI.Na.H2O.2V.9W/c1-5-7(2)6-8(3)9(10)11-4;1-6(5-9)4-7(2)8(10)11-3;1-4-7(9)5-6(2)8(10)11-3;1-4-7(2)5-8(3)6-9;1-4-6(2)5-7(3)8(9)10;1-6(4-8)3-7(2)5-9;1-3-7(8)4-6(2)5-9;1-5(4-8)3-6(2)7(9)10;1-3-6(8)4-5(2)7(9)10;2*1-2;;;;;;;;;;;;;;;;;;;;/h3,6H,1-2,4H3;2,4H,1,3H3;2,5H,1,3H3;3,5H,1-2H3;3,5H,1-2H3,(H,9,10);2-3H,1H3;2,4H,1H3;2-3H,1H3,(H,9,10);2,4H,1H3,(H,9,10);1H3;1H2;5*1H4;2*1H;;1H2;;;;;;;;;;;/q9*-1;;-1;;;;;;;;+1;;;+2;;;;;;;;;/p-3. The normalized spacial score (nSPS) is 9.49. The molecule has 0 saturated carbocycles. The molecule has 0 rings (SSSR count). The molecule has 0 atom stereocenters. The summed E-state index contributed by atoms with van der Waals surface area (Å²) >= 11 is 18.0. The summed E-state index contributed by atoms with van der Waals surface area (Å²) in [6.07, 6.45) is 11.3. The Morgan fingerprint density at radius 2 is 0.509 bits per heavy atom. The number of allylic oxidation sites excluding steroid dienone is 15. The van der Waals surface area contributed by atoms with Crippen LogP contribution in [0.2, 0.25) is 0 Å². The van der Waals surface area contributed by atoms with Crippen molar-refractivity contribution in [2.45, 2.75) is 120 Å². The van der Waals surface area contributed by atoms with E-state index in [0.29, 0.717) is 71.0 Å². The molecule has 0 aliphatic heterocycles. The number of nitrogens with zero attached hydrogens (tertiary/aromatic N) is 3. The van der Waals surface area contributed by atoms with E-state index in [1.807, 2.05) is 75.1 Å². The molecule has 0 heterocycles. The Labute approximate surface area is 865 Å². The average Bonchev–Trinajstić information content (AvgIpc) is 0.881. The number of esters is 3. The predicted octanol–water partition coefficient (Wildman–Crippen LogP) is 15.1. The summed E-state index contributed by atoms with van der Waals surface area (Å²) < 4.78 is 92.5. The fourth-order valence-corrected chi connectivity index (χ4v) is 5.31. The number of ether oxygens (including phenoxy) is 3. The van der Waals surface area contributed by atoms with Gasteiger partial charge in [0, 0.05) is 18.6 Å². The molecule has 0 bridgehead atoms. The average molecular weight is 3660 g/mol. The van der Waals surface area contributed by atoms with Gasteiger partial charge in [-0.1, -0.05) is 59.7 Å². The number of aliphatic carboxylic acids is 3. The molecule has 0 aliphatic carbocycles. The van der Waals surface area contributed by atoms with Crippen molar-refractivity contribution in [1.82, 2.24) is 0 Å². The van der Waals surface area contributed by atoms with E-state index in [9.17, 15) is 55.1 Å². The second-order valence-corrected chi connectivity index (χ2v) is 46.3. The number of nitriles is 3. The Morgan fingerprint density at radius 3 is 0.702 bits per heavy atom. The van der Waals surface area contributed by atoms with E-state index in [1.54, 1.807) is 52.0 Å². The molecule has 1 radical (unpaired) electrons. The van der Waals surface area contributed by atoms with E-state index in [2.05, 4.69) is 81.7 Å². The van der Waals surface area contributed by atoms with Gasteiger partial charge in [-0.15, -0.1) is 0 Å². The van der Waals surface area contributed by atoms with Crippen LogP contribution in [0.3, 0.4) is 0 Å². The van der Waals surface area contributed by atoms with E-state index < -0.39 is 58.9 Å². The first-order valence-electron chi connectivity index (χ1n) is 26.7. The summed E-state index contributed by atoms with van der Waals surface area (Å²) in [5.74, 6) is -6.92. The molecule has 0 aromatic rings. The molecule has 0 unspecified atom stereocenters. The topological polar surface area (TPSA) is 292 Å². The summed E-state index contributed by atoms with van der Waals surface area (Å²) in [5.41, 5.74) is 3.19. The van der Waals surface area contributed by atoms with E-state index in [1.165, 1.54) is 119 Å². The number of hydrogen-bond donors (Lipinski definition) is 3. The predicted molar refractivity (Wildman–Crippen MR) is 442 cm³/mol. The van der Waals surface area contributed by atoms with E-state index >= 15 is 0 Å². The van der Waals surface area contributed by atoms with Gasteiger partial charge in [0.2, 0.25) is 0 Å². The first-order chi connectivity index (χ1) is 48.4. The molecule has 0 amide bonds. The van der Waals surface area contributed by atoms with Crippen molar-refractivity contribution in [3.05, 3.63) is 220 Å². The smallest absolute Gasteiger partial charge is 0.870 e. The Balaban J connectivity index is -0.0000000475. The van der Waals surface area contributed by atoms with Crippen LogP contribution in [0.25, 0.3) is 0 Å². The molecule has 0 aliphatic rings. The van der Waals surface area contributed by atoms with Gasteiger partial charge in [-0.05, 0) is 4.93 Å². The Morgan fingerprint density at radius 1 is 0.360 bits per heavy atom. The first-order valence-corrected chi connectivity index (χ1v) is 52.5. The fraction of sp³-hybridized carbons (Fsp3) is 0.276. The van der Waals surface area contributed by atoms with Gasteiger partial charge >= 0.3 is 763 Å². The Kier molecular flexibility index (Phi) is 155. The van der Waals surface area contributed by atoms with Crippen molar-refractivity contribution in [3.8, 4) is 18.2 Å². The van der Waals surface area contributed by atoms with E-state index in [0.717, 1.165) is 122 Å². The second kappa shape index (κ2) is 107. The third-order valence-corrected chi connectivity index (χ3v) is 18.1. The Hall–Kier alpha value is 0.264. The van der Waals surface area contributed by atoms with Gasteiger partial charge in [-0.2, -0.15) is 0 Å². The zero-order valence-corrected chi connectivity index (χ0v) is 101. The third-order valence-electron chi connectivity index (χ3n) is 9.08. The van der Waals surface area contributed by atoms with Crippen LogP contribution < -0.4 is 29.6 Å². The van der Waals surface area contributed by atoms with Gasteiger partial charge < -0.3 is 28.1 Å². The Bertz CT molecular complexity index is 3400. The van der Waals surface area contributed by atoms with Gasteiger partial charge in [-0.3, -0.25) is 4.93 Å². The van der Waals surface area contributed by atoms with Crippen molar-refractivity contribution in [2.75, 3.05) is 26.3 Å². The minimum Gasteiger partial charge on any atom is -0.870 e. The van der Waals surface area contributed by atoms with Crippen LogP contribution in [0.15, 0.2) is 156 Å². The molecule has 4 N–H and O–H groups in total. The summed E-state index contributed by atoms with van der Waals surface area (Å²) in [6.45, 7) is 67.6. The van der Waals surface area contributed by atoms with Gasteiger partial charge in [0.1, 0.15) is 0 Å². The number of alkyl halides is 1. The maximum atomic E-state index is 12.8. The molecule has 0 fully saturated rings. The number of hydrogen-bond acceptors (Lipinski definition) is 13. The summed E-state index contributed by atoms with van der Waals surface area (Å²) in [5, 5.41) is 49.6. The van der Waals surface area contributed by atoms with Gasteiger partial charge in [0.25, 0.3) is 0 Å². The molecular weight excluding hydrogens is 3560 g/mol. The van der Waals surface area contributed by atoms with Crippen molar-refractivity contribution >= 4 is 157 Å². The summed E-state index contributed by atoms with van der Waals surface area (Å²) in [6, 6.07) is 5.19. The molecule has 0 spiro atoms. The molecule has 38 heteroatoms. The van der Waals surface area contributed by atoms with Crippen LogP contribution in [0.5, 0.6) is 0 Å². The van der Waals surface area contributed by atoms with Crippen LogP contribution in [0.4, 0.5) is 26.3 Å².